The third-order valence-corrected chi connectivity index (χ3v) is 10.7. The first-order chi connectivity index (χ1) is 22.2. The molecule has 0 radical (unpaired) electrons. The van der Waals surface area contributed by atoms with E-state index in [1.165, 1.54) is 5.01 Å². The molecule has 6 rings (SSSR count). The highest BCUT2D eigenvalue weighted by Gasteiger charge is 2.37. The minimum absolute atomic E-state index is 0.0213. The SMILES string of the molecule is Cc1cc(CC(NC(=O)N2CCC(N3Cc4ccccc4N(N)C3=O)CC2)C(=O)N2CCC(N3CCN(C)CC3)CC2)ccc1Cl. The van der Waals surface area contributed by atoms with Gasteiger partial charge in [0.15, 0.2) is 0 Å². The largest absolute Gasteiger partial charge is 0.341 e. The molecule has 0 saturated carbocycles. The molecule has 3 saturated heterocycles. The zero-order valence-corrected chi connectivity index (χ0v) is 27.8. The number of benzene rings is 2. The molecule has 0 bridgehead atoms. The first-order valence-electron chi connectivity index (χ1n) is 16.6. The number of hydrogen-bond acceptors (Lipinski definition) is 6. The number of urea groups is 2. The van der Waals surface area contributed by atoms with Gasteiger partial charge >= 0.3 is 12.1 Å². The Morgan fingerprint density at radius 1 is 0.913 bits per heavy atom. The molecule has 3 fully saturated rings. The number of likely N-dealkylation sites (tertiary alicyclic amines) is 2. The van der Waals surface area contributed by atoms with Gasteiger partial charge in [-0.05, 0) is 68.5 Å². The number of piperidine rings is 2. The lowest BCUT2D eigenvalue weighted by molar-refractivity contribution is -0.135. The maximum atomic E-state index is 14.0. The van der Waals surface area contributed by atoms with Gasteiger partial charge in [0.1, 0.15) is 6.04 Å². The van der Waals surface area contributed by atoms with E-state index >= 15 is 0 Å². The Morgan fingerprint density at radius 2 is 1.57 bits per heavy atom. The maximum Gasteiger partial charge on any atom is 0.339 e. The molecule has 46 heavy (non-hydrogen) atoms. The number of likely N-dealkylation sites (N-methyl/N-ethyl adjacent to an activating group) is 1. The number of carbonyl (C=O) groups excluding carboxylic acids is 3. The van der Waals surface area contributed by atoms with E-state index in [1.54, 1.807) is 4.90 Å². The number of hydrazine groups is 1. The lowest BCUT2D eigenvalue weighted by atomic mass is 9.99. The van der Waals surface area contributed by atoms with E-state index in [0.29, 0.717) is 63.1 Å². The van der Waals surface area contributed by atoms with Crippen molar-refractivity contribution in [2.24, 2.45) is 5.84 Å². The Balaban J connectivity index is 1.08. The molecular formula is C34H47ClN8O3. The van der Waals surface area contributed by atoms with Crippen LogP contribution in [0.15, 0.2) is 42.5 Å². The molecule has 3 N–H and O–H groups in total. The second-order valence-corrected chi connectivity index (χ2v) is 13.7. The average molecular weight is 651 g/mol. The van der Waals surface area contributed by atoms with Gasteiger partial charge < -0.3 is 24.9 Å². The normalized spacial score (nSPS) is 21.3. The predicted molar refractivity (Wildman–Crippen MR) is 180 cm³/mol. The van der Waals surface area contributed by atoms with Crippen molar-refractivity contribution in [1.29, 1.82) is 0 Å². The third-order valence-electron chi connectivity index (χ3n) is 10.3. The highest BCUT2D eigenvalue weighted by Crippen LogP contribution is 2.30. The van der Waals surface area contributed by atoms with Crippen LogP contribution in [0, 0.1) is 6.92 Å². The molecule has 0 aromatic heterocycles. The fraction of sp³-hybridized carbons (Fsp3) is 0.559. The van der Waals surface area contributed by atoms with Crippen molar-refractivity contribution in [3.05, 3.63) is 64.2 Å². The monoisotopic (exact) mass is 650 g/mol. The van der Waals surface area contributed by atoms with Crippen LogP contribution in [-0.2, 0) is 17.8 Å². The number of fused-ring (bicyclic) bond motifs is 1. The van der Waals surface area contributed by atoms with Crippen molar-refractivity contribution < 1.29 is 14.4 Å². The summed E-state index contributed by atoms with van der Waals surface area (Å²) in [6, 6.07) is 12.8. The predicted octanol–water partition coefficient (Wildman–Crippen LogP) is 3.29. The number of nitrogens with two attached hydrogens (primary N) is 1. The van der Waals surface area contributed by atoms with Crippen LogP contribution in [0.25, 0.3) is 0 Å². The molecular weight excluding hydrogens is 604 g/mol. The van der Waals surface area contributed by atoms with Crippen LogP contribution in [0.1, 0.15) is 42.4 Å². The summed E-state index contributed by atoms with van der Waals surface area (Å²) in [5.41, 5.74) is 3.64. The summed E-state index contributed by atoms with van der Waals surface area (Å²) in [6.07, 6.45) is 3.58. The zero-order chi connectivity index (χ0) is 32.4. The molecule has 4 heterocycles. The number of rotatable bonds is 6. The van der Waals surface area contributed by atoms with Crippen LogP contribution in [0.4, 0.5) is 15.3 Å². The molecule has 12 heteroatoms. The van der Waals surface area contributed by atoms with Gasteiger partial charge in [0.05, 0.1) is 5.69 Å². The van der Waals surface area contributed by atoms with Gasteiger partial charge in [0.2, 0.25) is 5.91 Å². The Kier molecular flexibility index (Phi) is 10.0. The van der Waals surface area contributed by atoms with E-state index < -0.39 is 6.04 Å². The fourth-order valence-corrected chi connectivity index (χ4v) is 7.52. The van der Waals surface area contributed by atoms with Crippen LogP contribution >= 0.6 is 11.6 Å². The number of nitrogens with one attached hydrogen (secondary N) is 1. The molecule has 2 aromatic rings. The Hall–Kier alpha value is -3.38. The lowest BCUT2D eigenvalue weighted by Crippen LogP contribution is -2.59. The van der Waals surface area contributed by atoms with E-state index in [-0.39, 0.29) is 24.0 Å². The molecule has 4 aliphatic heterocycles. The molecule has 0 spiro atoms. The number of amides is 5. The van der Waals surface area contributed by atoms with Gasteiger partial charge in [0, 0.05) is 82.4 Å². The number of piperazine rings is 1. The minimum Gasteiger partial charge on any atom is -0.341 e. The summed E-state index contributed by atoms with van der Waals surface area (Å²) < 4.78 is 0. The van der Waals surface area contributed by atoms with Crippen molar-refractivity contribution >= 4 is 35.3 Å². The topological polar surface area (TPSA) is 109 Å². The molecule has 2 aromatic carbocycles. The molecule has 1 unspecified atom stereocenters. The Labute approximate surface area is 277 Å². The number of para-hydroxylation sites is 1. The number of anilines is 1. The minimum atomic E-state index is -0.683. The van der Waals surface area contributed by atoms with E-state index in [2.05, 4.69) is 22.2 Å². The fourth-order valence-electron chi connectivity index (χ4n) is 7.41. The molecule has 248 valence electrons. The van der Waals surface area contributed by atoms with E-state index in [9.17, 15) is 14.4 Å². The van der Waals surface area contributed by atoms with Gasteiger partial charge in [-0.1, -0.05) is 41.9 Å². The number of aryl methyl sites for hydroxylation is 1. The van der Waals surface area contributed by atoms with Gasteiger partial charge in [-0.2, -0.15) is 0 Å². The summed E-state index contributed by atoms with van der Waals surface area (Å²) in [5.74, 6) is 6.12. The van der Waals surface area contributed by atoms with Gasteiger partial charge in [-0.3, -0.25) is 9.69 Å². The lowest BCUT2D eigenvalue weighted by Gasteiger charge is -2.43. The Bertz CT molecular complexity index is 1420. The van der Waals surface area contributed by atoms with Crippen molar-refractivity contribution in [3.8, 4) is 0 Å². The summed E-state index contributed by atoms with van der Waals surface area (Å²) in [7, 11) is 2.17. The highest BCUT2D eigenvalue weighted by atomic mass is 35.5. The second kappa shape index (κ2) is 14.2. The quantitative estimate of drug-likeness (QED) is 0.367. The van der Waals surface area contributed by atoms with Gasteiger partial charge in [0.25, 0.3) is 0 Å². The number of carbonyl (C=O) groups is 3. The van der Waals surface area contributed by atoms with E-state index in [4.69, 9.17) is 17.4 Å². The summed E-state index contributed by atoms with van der Waals surface area (Å²) in [4.78, 5) is 51.2. The van der Waals surface area contributed by atoms with Gasteiger partial charge in [-0.25, -0.2) is 20.4 Å². The van der Waals surface area contributed by atoms with Crippen molar-refractivity contribution in [2.75, 3.05) is 64.4 Å². The first kappa shape index (κ1) is 32.6. The second-order valence-electron chi connectivity index (χ2n) is 13.3. The molecule has 11 nitrogen and oxygen atoms in total. The van der Waals surface area contributed by atoms with Crippen LogP contribution in [0.5, 0.6) is 0 Å². The maximum absolute atomic E-state index is 14.0. The molecule has 5 amide bonds. The van der Waals surface area contributed by atoms with Crippen molar-refractivity contribution in [1.82, 2.24) is 29.8 Å². The number of hydrogen-bond donors (Lipinski definition) is 2. The summed E-state index contributed by atoms with van der Waals surface area (Å²) >= 11 is 6.29. The number of halogens is 1. The highest BCUT2D eigenvalue weighted by molar-refractivity contribution is 6.31. The van der Waals surface area contributed by atoms with E-state index in [0.717, 1.165) is 61.4 Å². The smallest absolute Gasteiger partial charge is 0.339 e. The van der Waals surface area contributed by atoms with Crippen LogP contribution < -0.4 is 16.2 Å². The molecule has 4 aliphatic rings. The molecule has 1 atom stereocenters. The Morgan fingerprint density at radius 3 is 2.26 bits per heavy atom. The number of nitrogens with zero attached hydrogens (tertiary/aromatic N) is 6. The van der Waals surface area contributed by atoms with Crippen LogP contribution in [0.2, 0.25) is 5.02 Å². The summed E-state index contributed by atoms with van der Waals surface area (Å²) in [5, 5.41) is 5.01. The van der Waals surface area contributed by atoms with Crippen molar-refractivity contribution in [3.63, 3.8) is 0 Å². The van der Waals surface area contributed by atoms with E-state index in [1.807, 2.05) is 59.2 Å². The van der Waals surface area contributed by atoms with Gasteiger partial charge in [-0.15, -0.1) is 0 Å². The summed E-state index contributed by atoms with van der Waals surface area (Å²) in [6.45, 7) is 9.13. The third kappa shape index (κ3) is 7.12. The average Bonchev–Trinajstić information content (AvgIpc) is 3.08. The van der Waals surface area contributed by atoms with Crippen LogP contribution in [-0.4, -0.2) is 120 Å². The molecule has 0 aliphatic carbocycles. The standard InChI is InChI=1S/C34H47ClN8O3/c1-24-21-25(7-8-29(24)35)22-30(32(44)40-13-9-27(10-14-40)39-19-17-38(2)18-20-39)37-33(45)41-15-11-28(12-16-41)42-23-26-5-3-4-6-31(26)43(36)34(42)46/h3-8,21,27-28,30H,9-20,22-23,36H2,1-2H3,(H,37,45). The first-order valence-corrected chi connectivity index (χ1v) is 17.0. The van der Waals surface area contributed by atoms with Crippen molar-refractivity contribution in [2.45, 2.75) is 63.7 Å². The zero-order valence-electron chi connectivity index (χ0n) is 27.0. The van der Waals surface area contributed by atoms with Crippen LogP contribution in [0.3, 0.4) is 0 Å².